The maximum absolute atomic E-state index is 13.5. The Morgan fingerprint density at radius 1 is 1.12 bits per heavy atom. The molecule has 1 saturated carbocycles. The molecule has 4 rings (SSSR count). The number of alkyl halides is 3. The number of nitrogens with zero attached hydrogens (tertiary/aromatic N) is 2. The first-order valence-corrected chi connectivity index (χ1v) is 12.9. The maximum atomic E-state index is 13.5. The summed E-state index contributed by atoms with van der Waals surface area (Å²) in [6.45, 7) is 4.76. The van der Waals surface area contributed by atoms with E-state index in [0.29, 0.717) is 32.3 Å². The number of carbonyl (C=O) groups excluding carboxylic acids is 1. The average Bonchev–Trinajstić information content (AvgIpc) is 2.79. The predicted octanol–water partition coefficient (Wildman–Crippen LogP) is 5.98. The lowest BCUT2D eigenvalue weighted by molar-refractivity contribution is -0.149. The number of halogens is 3. The predicted molar refractivity (Wildman–Crippen MR) is 132 cm³/mol. The number of likely N-dealkylation sites (tertiary alicyclic amines) is 1. The molecule has 1 aliphatic heterocycles. The normalized spacial score (nSPS) is 22.9. The Balaban J connectivity index is 1.31. The zero-order valence-corrected chi connectivity index (χ0v) is 21.1. The summed E-state index contributed by atoms with van der Waals surface area (Å²) in [5.74, 6) is 0.156. The van der Waals surface area contributed by atoms with E-state index in [1.165, 1.54) is 22.6 Å². The van der Waals surface area contributed by atoms with Gasteiger partial charge in [0, 0.05) is 17.8 Å². The average molecular weight is 572 g/mol. The summed E-state index contributed by atoms with van der Waals surface area (Å²) in [5.41, 5.74) is 1.92. The van der Waals surface area contributed by atoms with Crippen molar-refractivity contribution >= 4 is 39.5 Å². The number of pyridine rings is 1. The van der Waals surface area contributed by atoms with Crippen LogP contribution in [-0.2, 0) is 16.1 Å². The van der Waals surface area contributed by atoms with Gasteiger partial charge in [-0.15, -0.1) is 0 Å². The van der Waals surface area contributed by atoms with Gasteiger partial charge in [0.25, 0.3) is 3.93 Å². The minimum atomic E-state index is -2.63. The van der Waals surface area contributed by atoms with Crippen LogP contribution in [0.25, 0.3) is 10.9 Å². The lowest BCUT2D eigenvalue weighted by Crippen LogP contribution is -2.36. The van der Waals surface area contributed by atoms with Gasteiger partial charge in [-0.25, -0.2) is 0 Å². The molecule has 33 heavy (non-hydrogen) atoms. The fourth-order valence-corrected chi connectivity index (χ4v) is 5.45. The van der Waals surface area contributed by atoms with Crippen molar-refractivity contribution in [2.75, 3.05) is 19.7 Å². The third-order valence-corrected chi connectivity index (χ3v) is 7.63. The number of piperidine rings is 1. The molecule has 2 heterocycles. The lowest BCUT2D eigenvalue weighted by Gasteiger charge is -2.31. The van der Waals surface area contributed by atoms with Crippen LogP contribution in [0.1, 0.15) is 51.1 Å². The summed E-state index contributed by atoms with van der Waals surface area (Å²) in [5, 5.41) is 1.00. The summed E-state index contributed by atoms with van der Waals surface area (Å²) in [6, 6.07) is 9.96. The second-order valence-electron chi connectivity index (χ2n) is 9.09. The Morgan fingerprint density at radius 2 is 1.85 bits per heavy atom. The second kappa shape index (κ2) is 10.8. The van der Waals surface area contributed by atoms with E-state index in [0.717, 1.165) is 54.8 Å². The molecule has 0 unspecified atom stereocenters. The monoisotopic (exact) mass is 572 g/mol. The molecule has 1 saturated heterocycles. The van der Waals surface area contributed by atoms with E-state index >= 15 is 0 Å². The van der Waals surface area contributed by atoms with Crippen LogP contribution < -0.4 is 4.74 Å². The number of fused-ring (bicyclic) bond motifs is 1. The third kappa shape index (κ3) is 6.53. The van der Waals surface area contributed by atoms with Crippen molar-refractivity contribution in [3.8, 4) is 5.75 Å². The highest BCUT2D eigenvalue weighted by Crippen LogP contribution is 2.41. The number of rotatable bonds is 7. The molecule has 0 amide bonds. The summed E-state index contributed by atoms with van der Waals surface area (Å²) >= 11 is 1.26. The molecule has 2 aromatic rings. The highest BCUT2D eigenvalue weighted by molar-refractivity contribution is 14.1. The molecule has 0 atom stereocenters. The van der Waals surface area contributed by atoms with E-state index in [2.05, 4.69) is 11.0 Å². The smallest absolute Gasteiger partial charge is 0.309 e. The van der Waals surface area contributed by atoms with Crippen molar-refractivity contribution in [1.82, 2.24) is 9.88 Å². The second-order valence-corrected chi connectivity index (χ2v) is 10.5. The molecule has 1 aromatic heterocycles. The molecule has 0 spiro atoms. The number of hydrogen-bond donors (Lipinski definition) is 0. The van der Waals surface area contributed by atoms with Gasteiger partial charge < -0.3 is 9.47 Å². The van der Waals surface area contributed by atoms with Crippen LogP contribution in [0.15, 0.2) is 30.3 Å². The van der Waals surface area contributed by atoms with E-state index in [9.17, 15) is 13.6 Å². The van der Waals surface area contributed by atoms with Crippen molar-refractivity contribution in [2.24, 2.45) is 11.8 Å². The highest BCUT2D eigenvalue weighted by atomic mass is 127. The number of aromatic nitrogens is 1. The molecule has 1 aliphatic carbocycles. The highest BCUT2D eigenvalue weighted by Gasteiger charge is 2.39. The zero-order valence-electron chi connectivity index (χ0n) is 18.9. The first-order chi connectivity index (χ1) is 15.8. The Bertz CT molecular complexity index is 952. The molecule has 8 heteroatoms. The largest absolute Gasteiger partial charge is 0.490 e. The van der Waals surface area contributed by atoms with Crippen molar-refractivity contribution in [3.63, 3.8) is 0 Å². The number of esters is 1. The molecule has 0 radical (unpaired) electrons. The van der Waals surface area contributed by atoms with Crippen LogP contribution in [0.4, 0.5) is 8.78 Å². The minimum Gasteiger partial charge on any atom is -0.490 e. The Labute approximate surface area is 207 Å². The van der Waals surface area contributed by atoms with Crippen LogP contribution >= 0.6 is 22.6 Å². The fourth-order valence-electron chi connectivity index (χ4n) is 4.82. The van der Waals surface area contributed by atoms with Gasteiger partial charge in [0.05, 0.1) is 29.8 Å². The zero-order chi connectivity index (χ0) is 23.4. The maximum Gasteiger partial charge on any atom is 0.309 e. The van der Waals surface area contributed by atoms with E-state index in [4.69, 9.17) is 14.5 Å². The molecular formula is C25H31F2IN2O3. The van der Waals surface area contributed by atoms with Crippen molar-refractivity contribution < 1.29 is 23.0 Å². The van der Waals surface area contributed by atoms with Gasteiger partial charge in [0.2, 0.25) is 0 Å². The molecular weight excluding hydrogens is 541 g/mol. The fraction of sp³-hybridized carbons (Fsp3) is 0.600. The van der Waals surface area contributed by atoms with Crippen molar-refractivity contribution in [2.45, 2.75) is 62.0 Å². The first-order valence-electron chi connectivity index (χ1n) is 11.8. The van der Waals surface area contributed by atoms with Crippen molar-refractivity contribution in [1.29, 1.82) is 0 Å². The number of carbonyl (C=O) groups is 1. The van der Waals surface area contributed by atoms with Gasteiger partial charge in [0.15, 0.2) is 0 Å². The van der Waals surface area contributed by atoms with Crippen LogP contribution in [0.2, 0.25) is 0 Å². The minimum absolute atomic E-state index is 0.0114. The van der Waals surface area contributed by atoms with E-state index in [1.54, 1.807) is 0 Å². The quantitative estimate of drug-likeness (QED) is 0.232. The van der Waals surface area contributed by atoms with Crippen LogP contribution in [-0.4, -0.2) is 45.6 Å². The van der Waals surface area contributed by atoms with Gasteiger partial charge in [-0.3, -0.25) is 14.7 Å². The van der Waals surface area contributed by atoms with Crippen molar-refractivity contribution in [3.05, 3.63) is 36.0 Å². The van der Waals surface area contributed by atoms with Gasteiger partial charge in [-0.1, -0.05) is 6.07 Å². The first kappa shape index (κ1) is 24.6. The number of benzene rings is 1. The third-order valence-electron chi connectivity index (χ3n) is 6.75. The molecule has 0 bridgehead atoms. The van der Waals surface area contributed by atoms with Gasteiger partial charge in [0.1, 0.15) is 5.75 Å². The number of ether oxygens (including phenoxy) is 2. The Morgan fingerprint density at radius 3 is 2.52 bits per heavy atom. The molecule has 0 N–H and O–H groups in total. The van der Waals surface area contributed by atoms with Crippen LogP contribution in [0.5, 0.6) is 5.75 Å². The van der Waals surface area contributed by atoms with E-state index in [1.807, 2.05) is 31.2 Å². The van der Waals surface area contributed by atoms with Gasteiger partial charge in [-0.2, -0.15) is 8.78 Å². The van der Waals surface area contributed by atoms with Gasteiger partial charge in [-0.05, 0) is 105 Å². The Kier molecular flexibility index (Phi) is 8.04. The number of hydrogen-bond acceptors (Lipinski definition) is 5. The van der Waals surface area contributed by atoms with E-state index < -0.39 is 9.85 Å². The van der Waals surface area contributed by atoms with Crippen LogP contribution in [0.3, 0.4) is 0 Å². The topological polar surface area (TPSA) is 51.7 Å². The van der Waals surface area contributed by atoms with Crippen LogP contribution in [0, 0.1) is 11.8 Å². The molecule has 2 fully saturated rings. The summed E-state index contributed by atoms with van der Waals surface area (Å²) in [7, 11) is 0. The molecule has 5 nitrogen and oxygen atoms in total. The molecule has 180 valence electrons. The lowest BCUT2D eigenvalue weighted by atomic mass is 9.87. The van der Waals surface area contributed by atoms with Gasteiger partial charge >= 0.3 is 5.97 Å². The summed E-state index contributed by atoms with van der Waals surface area (Å²) in [4.78, 5) is 19.1. The standard InChI is InChI=1S/C25H31F2IN2O3/c1-2-32-24(31)17-11-13-30(14-12-17)16-20-6-3-18-15-22(9-10-23(18)29-20)33-21-7-4-19(5-8-21)25(26,27)28/h3,6,9-10,15,17,19,21H,2,4-5,7-8,11-14,16H2,1H3. The molecule has 2 aliphatic rings. The van der Waals surface area contributed by atoms with E-state index in [-0.39, 0.29) is 18.0 Å². The SMILES string of the molecule is CCOC(=O)C1CCN(Cc2ccc3cc(OC4CCC(C(F)(F)I)CC4)ccc3n2)CC1. The Hall–Kier alpha value is -1.55. The molecule has 1 aromatic carbocycles. The summed E-state index contributed by atoms with van der Waals surface area (Å²) < 4.78 is 35.6. The summed E-state index contributed by atoms with van der Waals surface area (Å²) in [6.07, 6.45) is 3.94.